The number of oxime groups is 1. The summed E-state index contributed by atoms with van der Waals surface area (Å²) in [6.07, 6.45) is 0. The first-order chi connectivity index (χ1) is 4.76. The lowest BCUT2D eigenvalue weighted by molar-refractivity contribution is 0.211. The molecule has 0 rings (SSSR count). The zero-order valence-electron chi connectivity index (χ0n) is 6.50. The van der Waals surface area contributed by atoms with Crippen molar-refractivity contribution in [1.82, 2.24) is 0 Å². The first kappa shape index (κ1) is 9.39. The third-order valence-corrected chi connectivity index (χ3v) is 1.40. The SMILES string of the molecule is CO/N=C(\C)C(CN)CN. The quantitative estimate of drug-likeness (QED) is 0.415. The zero-order chi connectivity index (χ0) is 7.98. The van der Waals surface area contributed by atoms with E-state index >= 15 is 0 Å². The highest BCUT2D eigenvalue weighted by molar-refractivity contribution is 5.84. The Morgan fingerprint density at radius 3 is 2.30 bits per heavy atom. The molecule has 0 aliphatic carbocycles. The number of hydrogen-bond acceptors (Lipinski definition) is 4. The molecule has 0 aromatic rings. The molecule has 4 heteroatoms. The Balaban J connectivity index is 3.87. The highest BCUT2D eigenvalue weighted by atomic mass is 16.6. The fraction of sp³-hybridized carbons (Fsp3) is 0.833. The molecule has 0 saturated carbocycles. The van der Waals surface area contributed by atoms with E-state index in [2.05, 4.69) is 9.99 Å². The molecule has 0 aromatic heterocycles. The van der Waals surface area contributed by atoms with E-state index in [1.165, 1.54) is 7.11 Å². The van der Waals surface area contributed by atoms with Gasteiger partial charge in [0.25, 0.3) is 0 Å². The maximum Gasteiger partial charge on any atom is 0.106 e. The second kappa shape index (κ2) is 5.20. The summed E-state index contributed by atoms with van der Waals surface area (Å²) < 4.78 is 0. The number of rotatable bonds is 4. The summed E-state index contributed by atoms with van der Waals surface area (Å²) in [6.45, 7) is 2.90. The van der Waals surface area contributed by atoms with E-state index in [1.54, 1.807) is 0 Å². The van der Waals surface area contributed by atoms with Crippen LogP contribution in [0.4, 0.5) is 0 Å². The number of nitrogens with zero attached hydrogens (tertiary/aromatic N) is 1. The van der Waals surface area contributed by atoms with Gasteiger partial charge >= 0.3 is 0 Å². The van der Waals surface area contributed by atoms with Gasteiger partial charge in [-0.25, -0.2) is 0 Å². The molecule has 0 heterocycles. The van der Waals surface area contributed by atoms with Crippen LogP contribution in [0.2, 0.25) is 0 Å². The molecule has 0 aliphatic heterocycles. The van der Waals surface area contributed by atoms with E-state index in [9.17, 15) is 0 Å². The molecule has 0 unspecified atom stereocenters. The van der Waals surface area contributed by atoms with E-state index < -0.39 is 0 Å². The van der Waals surface area contributed by atoms with Gasteiger partial charge in [0, 0.05) is 19.0 Å². The Morgan fingerprint density at radius 1 is 1.50 bits per heavy atom. The summed E-state index contributed by atoms with van der Waals surface area (Å²) in [6, 6.07) is 0. The highest BCUT2D eigenvalue weighted by Crippen LogP contribution is 1.94. The Bertz CT molecular complexity index is 110. The van der Waals surface area contributed by atoms with Gasteiger partial charge in [0.15, 0.2) is 0 Å². The fourth-order valence-corrected chi connectivity index (χ4v) is 0.656. The monoisotopic (exact) mass is 145 g/mol. The van der Waals surface area contributed by atoms with Crippen LogP contribution in [0.25, 0.3) is 0 Å². The van der Waals surface area contributed by atoms with Gasteiger partial charge in [-0.1, -0.05) is 5.16 Å². The minimum atomic E-state index is 0.153. The van der Waals surface area contributed by atoms with Crippen LogP contribution in [-0.2, 0) is 4.84 Å². The maximum atomic E-state index is 5.40. The van der Waals surface area contributed by atoms with Crippen molar-refractivity contribution in [2.24, 2.45) is 22.5 Å². The van der Waals surface area contributed by atoms with Gasteiger partial charge in [0.1, 0.15) is 7.11 Å². The van der Waals surface area contributed by atoms with Crippen molar-refractivity contribution in [1.29, 1.82) is 0 Å². The highest BCUT2D eigenvalue weighted by Gasteiger charge is 2.07. The summed E-state index contributed by atoms with van der Waals surface area (Å²) >= 11 is 0. The predicted molar refractivity (Wildman–Crippen MR) is 41.7 cm³/mol. The molecule has 10 heavy (non-hydrogen) atoms. The molecule has 0 spiro atoms. The standard InChI is InChI=1S/C6H15N3O/c1-5(9-10-2)6(3-7)4-8/h6H,3-4,7-8H2,1-2H3/b9-5+. The van der Waals surface area contributed by atoms with Gasteiger partial charge in [-0.05, 0) is 6.92 Å². The van der Waals surface area contributed by atoms with Crippen molar-refractivity contribution < 1.29 is 4.84 Å². The third kappa shape index (κ3) is 2.80. The van der Waals surface area contributed by atoms with E-state index in [-0.39, 0.29) is 5.92 Å². The normalized spacial score (nSPS) is 12.3. The zero-order valence-corrected chi connectivity index (χ0v) is 6.50. The molecule has 4 nitrogen and oxygen atoms in total. The van der Waals surface area contributed by atoms with Crippen molar-refractivity contribution in [3.8, 4) is 0 Å². The molecule has 0 saturated heterocycles. The van der Waals surface area contributed by atoms with Crippen LogP contribution in [0.5, 0.6) is 0 Å². The van der Waals surface area contributed by atoms with Gasteiger partial charge in [-0.2, -0.15) is 0 Å². The summed E-state index contributed by atoms with van der Waals surface area (Å²) in [5, 5.41) is 3.72. The molecule has 4 N–H and O–H groups in total. The summed E-state index contributed by atoms with van der Waals surface area (Å²) in [7, 11) is 1.51. The first-order valence-electron chi connectivity index (χ1n) is 3.24. The minimum absolute atomic E-state index is 0.153. The van der Waals surface area contributed by atoms with Crippen LogP contribution in [0, 0.1) is 5.92 Å². The summed E-state index contributed by atoms with van der Waals surface area (Å²) in [5.41, 5.74) is 11.7. The Hall–Kier alpha value is -0.610. The Morgan fingerprint density at radius 2 is 2.00 bits per heavy atom. The molecule has 0 radical (unpaired) electrons. The van der Waals surface area contributed by atoms with Crippen molar-refractivity contribution in [3.63, 3.8) is 0 Å². The lowest BCUT2D eigenvalue weighted by Gasteiger charge is -2.09. The second-order valence-corrected chi connectivity index (χ2v) is 2.08. The lowest BCUT2D eigenvalue weighted by atomic mass is 10.1. The average molecular weight is 145 g/mol. The molecule has 0 fully saturated rings. The van der Waals surface area contributed by atoms with Crippen LogP contribution >= 0.6 is 0 Å². The van der Waals surface area contributed by atoms with Crippen LogP contribution in [-0.4, -0.2) is 25.9 Å². The molecule has 0 bridgehead atoms. The largest absolute Gasteiger partial charge is 0.399 e. The van der Waals surface area contributed by atoms with E-state index in [0.717, 1.165) is 5.71 Å². The molecule has 60 valence electrons. The predicted octanol–water partition coefficient (Wildman–Crippen LogP) is -0.458. The summed E-state index contributed by atoms with van der Waals surface area (Å²) in [4.78, 5) is 4.57. The maximum absolute atomic E-state index is 5.40. The first-order valence-corrected chi connectivity index (χ1v) is 3.24. The molecular weight excluding hydrogens is 130 g/mol. The van der Waals surface area contributed by atoms with Gasteiger partial charge < -0.3 is 16.3 Å². The molecule has 0 amide bonds. The Kier molecular flexibility index (Phi) is 4.88. The molecular formula is C6H15N3O. The topological polar surface area (TPSA) is 73.6 Å². The number of nitrogens with two attached hydrogens (primary N) is 2. The fourth-order valence-electron chi connectivity index (χ4n) is 0.656. The van der Waals surface area contributed by atoms with E-state index in [4.69, 9.17) is 11.5 Å². The van der Waals surface area contributed by atoms with Crippen LogP contribution in [0.1, 0.15) is 6.92 Å². The van der Waals surface area contributed by atoms with Crippen molar-refractivity contribution in [3.05, 3.63) is 0 Å². The number of hydrogen-bond donors (Lipinski definition) is 2. The van der Waals surface area contributed by atoms with Gasteiger partial charge in [-0.3, -0.25) is 0 Å². The van der Waals surface area contributed by atoms with Crippen LogP contribution < -0.4 is 11.5 Å². The average Bonchev–Trinajstić information content (AvgIpc) is 1.91. The lowest BCUT2D eigenvalue weighted by Crippen LogP contribution is -2.29. The van der Waals surface area contributed by atoms with Crippen molar-refractivity contribution in [2.45, 2.75) is 6.92 Å². The van der Waals surface area contributed by atoms with E-state index in [1.807, 2.05) is 6.92 Å². The smallest absolute Gasteiger partial charge is 0.106 e. The van der Waals surface area contributed by atoms with Crippen molar-refractivity contribution in [2.75, 3.05) is 20.2 Å². The van der Waals surface area contributed by atoms with Gasteiger partial charge in [0.05, 0.1) is 5.71 Å². The second-order valence-electron chi connectivity index (χ2n) is 2.08. The third-order valence-electron chi connectivity index (χ3n) is 1.40. The minimum Gasteiger partial charge on any atom is -0.399 e. The van der Waals surface area contributed by atoms with Crippen LogP contribution in [0.3, 0.4) is 0 Å². The van der Waals surface area contributed by atoms with Crippen LogP contribution in [0.15, 0.2) is 5.16 Å². The molecule has 0 aromatic carbocycles. The van der Waals surface area contributed by atoms with E-state index in [0.29, 0.717) is 13.1 Å². The Labute approximate surface area is 61.2 Å². The molecule has 0 aliphatic rings. The van der Waals surface area contributed by atoms with Gasteiger partial charge in [-0.15, -0.1) is 0 Å². The molecule has 0 atom stereocenters. The summed E-state index contributed by atoms with van der Waals surface area (Å²) in [5.74, 6) is 0.153. The van der Waals surface area contributed by atoms with Crippen molar-refractivity contribution >= 4 is 5.71 Å². The van der Waals surface area contributed by atoms with Gasteiger partial charge in [0.2, 0.25) is 0 Å².